The van der Waals surface area contributed by atoms with Crippen LogP contribution >= 0.6 is 0 Å². The molecule has 0 aromatic heterocycles. The van der Waals surface area contributed by atoms with Gasteiger partial charge in [-0.15, -0.1) is 0 Å². The Morgan fingerprint density at radius 2 is 2.00 bits per heavy atom. The second kappa shape index (κ2) is 5.50. The Balaban J connectivity index is 3.23. The first-order valence-electron chi connectivity index (χ1n) is 4.13. The number of rotatable bonds is 6. The lowest BCUT2D eigenvalue weighted by atomic mass is 10.2. The molecule has 0 unspecified atom stereocenters. The summed E-state index contributed by atoms with van der Waals surface area (Å²) in [5.74, 6) is 0.664. The molecule has 4 nitrogen and oxygen atoms in total. The third-order valence-corrected chi connectivity index (χ3v) is 2.19. The molecule has 0 aliphatic heterocycles. The zero-order chi connectivity index (χ0) is 9.61. The quantitative estimate of drug-likeness (QED) is 0.580. The second-order valence-electron chi connectivity index (χ2n) is 3.32. The zero-order valence-electron chi connectivity index (χ0n) is 7.71. The molecular weight excluding hydrogens is 176 g/mol. The van der Waals surface area contributed by atoms with Crippen LogP contribution in [0.2, 0.25) is 0 Å². The van der Waals surface area contributed by atoms with Crippen molar-refractivity contribution in [1.82, 2.24) is 5.32 Å². The predicted octanol–water partition coefficient (Wildman–Crippen LogP) is -0.0894. The lowest BCUT2D eigenvalue weighted by Crippen LogP contribution is -2.24. The molecule has 0 atom stereocenters. The van der Waals surface area contributed by atoms with Crippen molar-refractivity contribution in [3.8, 4) is 0 Å². The molecule has 0 aromatic rings. The molecule has 3 N–H and O–H groups in total. The molecule has 0 fully saturated rings. The summed E-state index contributed by atoms with van der Waals surface area (Å²) in [5.41, 5.74) is 0. The smallest absolute Gasteiger partial charge is 0.209 e. The Kier molecular flexibility index (Phi) is 5.44. The van der Waals surface area contributed by atoms with E-state index in [2.05, 4.69) is 19.2 Å². The van der Waals surface area contributed by atoms with Gasteiger partial charge in [0.15, 0.2) is 0 Å². The topological polar surface area (TPSA) is 72.2 Å². The minimum Gasteiger partial charge on any atom is -0.316 e. The molecule has 12 heavy (non-hydrogen) atoms. The minimum atomic E-state index is -3.26. The molecule has 0 bridgehead atoms. The fourth-order valence-electron chi connectivity index (χ4n) is 0.789. The highest BCUT2D eigenvalue weighted by Gasteiger charge is 2.00. The van der Waals surface area contributed by atoms with E-state index in [0.717, 1.165) is 6.54 Å². The van der Waals surface area contributed by atoms with Gasteiger partial charge >= 0.3 is 0 Å². The highest BCUT2D eigenvalue weighted by atomic mass is 32.2. The second-order valence-corrected chi connectivity index (χ2v) is 5.05. The van der Waals surface area contributed by atoms with E-state index in [4.69, 9.17) is 5.14 Å². The maximum absolute atomic E-state index is 10.5. The number of hydrogen-bond acceptors (Lipinski definition) is 3. The largest absolute Gasteiger partial charge is 0.316 e. The Bertz CT molecular complexity index is 199. The molecule has 5 heteroatoms. The van der Waals surface area contributed by atoms with Gasteiger partial charge in [-0.25, -0.2) is 13.6 Å². The molecule has 0 aliphatic rings. The van der Waals surface area contributed by atoms with Crippen molar-refractivity contribution >= 4 is 10.0 Å². The van der Waals surface area contributed by atoms with Gasteiger partial charge in [-0.3, -0.25) is 0 Å². The van der Waals surface area contributed by atoms with Crippen molar-refractivity contribution in [2.45, 2.75) is 20.3 Å². The van der Waals surface area contributed by atoms with E-state index in [-0.39, 0.29) is 5.75 Å². The van der Waals surface area contributed by atoms with Crippen LogP contribution in [0.3, 0.4) is 0 Å². The van der Waals surface area contributed by atoms with Crippen LogP contribution in [0.25, 0.3) is 0 Å². The van der Waals surface area contributed by atoms with Gasteiger partial charge in [-0.2, -0.15) is 0 Å². The molecule has 0 aliphatic carbocycles. The SMILES string of the molecule is CC(C)CNCCCS(N)(=O)=O. The van der Waals surface area contributed by atoms with Crippen LogP contribution in [0.5, 0.6) is 0 Å². The van der Waals surface area contributed by atoms with E-state index in [1.165, 1.54) is 0 Å². The highest BCUT2D eigenvalue weighted by Crippen LogP contribution is 1.88. The van der Waals surface area contributed by atoms with Gasteiger partial charge in [0.2, 0.25) is 10.0 Å². The average Bonchev–Trinajstić information content (AvgIpc) is 1.83. The van der Waals surface area contributed by atoms with E-state index < -0.39 is 10.0 Å². The van der Waals surface area contributed by atoms with E-state index in [9.17, 15) is 8.42 Å². The predicted molar refractivity (Wildman–Crippen MR) is 50.3 cm³/mol. The highest BCUT2D eigenvalue weighted by molar-refractivity contribution is 7.89. The molecule has 0 heterocycles. The Hall–Kier alpha value is -0.130. The molecular formula is C7H18N2O2S. The van der Waals surface area contributed by atoms with Crippen LogP contribution in [0.4, 0.5) is 0 Å². The number of sulfonamides is 1. The summed E-state index contributed by atoms with van der Waals surface area (Å²) >= 11 is 0. The molecule has 0 saturated heterocycles. The van der Waals surface area contributed by atoms with Crippen LogP contribution in [0.1, 0.15) is 20.3 Å². The third-order valence-electron chi connectivity index (χ3n) is 1.33. The summed E-state index contributed by atoms with van der Waals surface area (Å²) in [4.78, 5) is 0. The van der Waals surface area contributed by atoms with E-state index in [1.54, 1.807) is 0 Å². The maximum Gasteiger partial charge on any atom is 0.209 e. The van der Waals surface area contributed by atoms with Crippen LogP contribution in [-0.4, -0.2) is 27.3 Å². The van der Waals surface area contributed by atoms with Crippen molar-refractivity contribution in [3.05, 3.63) is 0 Å². The Labute approximate surface area is 74.6 Å². The van der Waals surface area contributed by atoms with Gasteiger partial charge in [0, 0.05) is 0 Å². The monoisotopic (exact) mass is 194 g/mol. The van der Waals surface area contributed by atoms with E-state index in [0.29, 0.717) is 18.9 Å². The number of primary sulfonamides is 1. The first-order chi connectivity index (χ1) is 5.42. The Morgan fingerprint density at radius 1 is 1.42 bits per heavy atom. The van der Waals surface area contributed by atoms with Gasteiger partial charge in [0.25, 0.3) is 0 Å². The number of nitrogens with two attached hydrogens (primary N) is 1. The molecule has 0 amide bonds. The maximum atomic E-state index is 10.5. The average molecular weight is 194 g/mol. The molecule has 0 spiro atoms. The van der Waals surface area contributed by atoms with Crippen molar-refractivity contribution in [1.29, 1.82) is 0 Å². The zero-order valence-corrected chi connectivity index (χ0v) is 8.52. The van der Waals surface area contributed by atoms with Gasteiger partial charge in [0.1, 0.15) is 0 Å². The van der Waals surface area contributed by atoms with Crippen molar-refractivity contribution < 1.29 is 8.42 Å². The summed E-state index contributed by atoms with van der Waals surface area (Å²) in [6.45, 7) is 5.85. The molecule has 0 radical (unpaired) electrons. The van der Waals surface area contributed by atoms with Gasteiger partial charge in [0.05, 0.1) is 5.75 Å². The van der Waals surface area contributed by atoms with E-state index >= 15 is 0 Å². The summed E-state index contributed by atoms with van der Waals surface area (Å²) in [6.07, 6.45) is 0.589. The first-order valence-corrected chi connectivity index (χ1v) is 5.84. The van der Waals surface area contributed by atoms with Gasteiger partial charge in [-0.05, 0) is 25.4 Å². The summed E-state index contributed by atoms with van der Waals surface area (Å²) in [6, 6.07) is 0. The standard InChI is InChI=1S/C7H18N2O2S/c1-7(2)6-9-4-3-5-12(8,10)11/h7,9H,3-6H2,1-2H3,(H2,8,10,11). The van der Waals surface area contributed by atoms with Crippen LogP contribution < -0.4 is 10.5 Å². The number of hydrogen-bond donors (Lipinski definition) is 2. The summed E-state index contributed by atoms with van der Waals surface area (Å²) in [5, 5.41) is 7.96. The van der Waals surface area contributed by atoms with E-state index in [1.807, 2.05) is 0 Å². The molecule has 0 saturated carbocycles. The molecule has 0 rings (SSSR count). The summed E-state index contributed by atoms with van der Waals surface area (Å²) < 4.78 is 21.0. The van der Waals surface area contributed by atoms with Crippen molar-refractivity contribution in [2.75, 3.05) is 18.8 Å². The minimum absolute atomic E-state index is 0.0676. The molecule has 0 aromatic carbocycles. The van der Waals surface area contributed by atoms with Crippen LogP contribution in [0.15, 0.2) is 0 Å². The molecule has 74 valence electrons. The normalized spacial score (nSPS) is 12.3. The van der Waals surface area contributed by atoms with Gasteiger partial charge in [-0.1, -0.05) is 13.8 Å². The van der Waals surface area contributed by atoms with Gasteiger partial charge < -0.3 is 5.32 Å². The first kappa shape index (κ1) is 11.9. The van der Waals surface area contributed by atoms with Crippen molar-refractivity contribution in [2.24, 2.45) is 11.1 Å². The third kappa shape index (κ3) is 9.87. The fraction of sp³-hybridized carbons (Fsp3) is 1.00. The van der Waals surface area contributed by atoms with Crippen LogP contribution in [0, 0.1) is 5.92 Å². The lowest BCUT2D eigenvalue weighted by molar-refractivity contribution is 0.547. The van der Waals surface area contributed by atoms with Crippen molar-refractivity contribution in [3.63, 3.8) is 0 Å². The number of nitrogens with one attached hydrogen (secondary N) is 1. The van der Waals surface area contributed by atoms with Crippen LogP contribution in [-0.2, 0) is 10.0 Å². The lowest BCUT2D eigenvalue weighted by Gasteiger charge is -2.05. The fourth-order valence-corrected chi connectivity index (χ4v) is 1.34. The summed E-state index contributed by atoms with van der Waals surface area (Å²) in [7, 11) is -3.26. The Morgan fingerprint density at radius 3 is 2.42 bits per heavy atom.